The van der Waals surface area contributed by atoms with Gasteiger partial charge in [0.15, 0.2) is 11.6 Å². The molecular weight excluding hydrogens is 216 g/mol. The second kappa shape index (κ2) is 5.55. The Labute approximate surface area is 92.4 Å². The molecule has 0 radical (unpaired) electrons. The minimum atomic E-state index is -0.898. The lowest BCUT2D eigenvalue weighted by molar-refractivity contribution is -0.142. The highest BCUT2D eigenvalue weighted by Gasteiger charge is 2.13. The molecule has 0 aliphatic heterocycles. The van der Waals surface area contributed by atoms with Crippen molar-refractivity contribution in [1.29, 1.82) is 0 Å². The standard InChI is InChI=1S/C11H13F2NO2/c1-7(11(15)16-2)14-6-8-4-3-5-9(12)10(8)13/h3-5,7,14H,6H2,1-2H3/t7-/m0/s1. The molecule has 88 valence electrons. The minimum Gasteiger partial charge on any atom is -0.468 e. The molecule has 1 rings (SSSR count). The molecule has 1 N–H and O–H groups in total. The summed E-state index contributed by atoms with van der Waals surface area (Å²) in [5.74, 6) is -2.24. The Hall–Kier alpha value is -1.49. The van der Waals surface area contributed by atoms with E-state index in [1.807, 2.05) is 0 Å². The van der Waals surface area contributed by atoms with Crippen LogP contribution in [0.5, 0.6) is 0 Å². The minimum absolute atomic E-state index is 0.0693. The third kappa shape index (κ3) is 3.00. The molecule has 0 saturated heterocycles. The average Bonchev–Trinajstić information content (AvgIpc) is 2.29. The highest BCUT2D eigenvalue weighted by atomic mass is 19.2. The monoisotopic (exact) mass is 229 g/mol. The molecule has 0 saturated carbocycles. The van der Waals surface area contributed by atoms with Crippen molar-refractivity contribution < 1.29 is 18.3 Å². The average molecular weight is 229 g/mol. The first-order chi connectivity index (χ1) is 7.56. The van der Waals surface area contributed by atoms with Crippen molar-refractivity contribution in [3.63, 3.8) is 0 Å². The van der Waals surface area contributed by atoms with Crippen LogP contribution in [0.1, 0.15) is 12.5 Å². The summed E-state index contributed by atoms with van der Waals surface area (Å²) in [5, 5.41) is 2.74. The van der Waals surface area contributed by atoms with Crippen LogP contribution in [0, 0.1) is 11.6 Å². The number of carbonyl (C=O) groups is 1. The zero-order chi connectivity index (χ0) is 12.1. The zero-order valence-corrected chi connectivity index (χ0v) is 9.09. The topological polar surface area (TPSA) is 38.3 Å². The lowest BCUT2D eigenvalue weighted by atomic mass is 10.2. The van der Waals surface area contributed by atoms with E-state index in [4.69, 9.17) is 0 Å². The Balaban J connectivity index is 2.61. The van der Waals surface area contributed by atoms with Crippen molar-refractivity contribution in [2.24, 2.45) is 0 Å². The molecule has 0 unspecified atom stereocenters. The second-order valence-electron chi connectivity index (χ2n) is 3.34. The summed E-state index contributed by atoms with van der Waals surface area (Å²) in [5.41, 5.74) is 0.177. The predicted octanol–water partition coefficient (Wildman–Crippen LogP) is 1.62. The molecule has 0 amide bonds. The van der Waals surface area contributed by atoms with Gasteiger partial charge in [-0.1, -0.05) is 12.1 Å². The number of hydrogen-bond acceptors (Lipinski definition) is 3. The van der Waals surface area contributed by atoms with Crippen LogP contribution >= 0.6 is 0 Å². The normalized spacial score (nSPS) is 12.2. The van der Waals surface area contributed by atoms with E-state index in [9.17, 15) is 13.6 Å². The van der Waals surface area contributed by atoms with Crippen molar-refractivity contribution in [3.8, 4) is 0 Å². The third-order valence-corrected chi connectivity index (χ3v) is 2.19. The van der Waals surface area contributed by atoms with Gasteiger partial charge in [0, 0.05) is 12.1 Å². The van der Waals surface area contributed by atoms with Crippen LogP contribution in [0.2, 0.25) is 0 Å². The molecular formula is C11H13F2NO2. The quantitative estimate of drug-likeness (QED) is 0.797. The van der Waals surface area contributed by atoms with E-state index in [1.54, 1.807) is 6.92 Å². The Kier molecular flexibility index (Phi) is 4.37. The third-order valence-electron chi connectivity index (χ3n) is 2.19. The summed E-state index contributed by atoms with van der Waals surface area (Å²) in [7, 11) is 1.27. The van der Waals surface area contributed by atoms with Crippen molar-refractivity contribution >= 4 is 5.97 Å². The van der Waals surface area contributed by atoms with Gasteiger partial charge >= 0.3 is 5.97 Å². The first-order valence-electron chi connectivity index (χ1n) is 4.80. The molecule has 0 aliphatic rings. The van der Waals surface area contributed by atoms with Gasteiger partial charge in [-0.2, -0.15) is 0 Å². The molecule has 3 nitrogen and oxygen atoms in total. The van der Waals surface area contributed by atoms with E-state index in [0.29, 0.717) is 0 Å². The van der Waals surface area contributed by atoms with Crippen LogP contribution in [0.25, 0.3) is 0 Å². The summed E-state index contributed by atoms with van der Waals surface area (Å²) in [6, 6.07) is 3.35. The molecule has 1 aromatic rings. The lowest BCUT2D eigenvalue weighted by Crippen LogP contribution is -2.34. The Morgan fingerprint density at radius 2 is 2.19 bits per heavy atom. The summed E-state index contributed by atoms with van der Waals surface area (Å²) >= 11 is 0. The Morgan fingerprint density at radius 3 is 2.81 bits per heavy atom. The molecule has 0 spiro atoms. The first-order valence-corrected chi connectivity index (χ1v) is 4.80. The van der Waals surface area contributed by atoms with Gasteiger partial charge in [0.25, 0.3) is 0 Å². The van der Waals surface area contributed by atoms with Crippen molar-refractivity contribution in [2.75, 3.05) is 7.11 Å². The van der Waals surface area contributed by atoms with E-state index in [1.165, 1.54) is 19.2 Å². The second-order valence-corrected chi connectivity index (χ2v) is 3.34. The summed E-state index contributed by atoms with van der Waals surface area (Å²) in [4.78, 5) is 11.0. The van der Waals surface area contributed by atoms with Crippen molar-refractivity contribution in [2.45, 2.75) is 19.5 Å². The molecule has 0 heterocycles. The van der Waals surface area contributed by atoms with E-state index in [0.717, 1.165) is 6.07 Å². The smallest absolute Gasteiger partial charge is 0.322 e. The number of carbonyl (C=O) groups excluding carboxylic acids is 1. The highest BCUT2D eigenvalue weighted by molar-refractivity contribution is 5.75. The van der Waals surface area contributed by atoms with Crippen LogP contribution in [0.4, 0.5) is 8.78 Å². The molecule has 16 heavy (non-hydrogen) atoms. The van der Waals surface area contributed by atoms with Gasteiger partial charge in [0.2, 0.25) is 0 Å². The van der Waals surface area contributed by atoms with Gasteiger partial charge in [-0.05, 0) is 13.0 Å². The van der Waals surface area contributed by atoms with Gasteiger partial charge in [-0.25, -0.2) is 8.78 Å². The molecule has 0 fully saturated rings. The number of methoxy groups -OCH3 is 1. The van der Waals surface area contributed by atoms with Crippen molar-refractivity contribution in [1.82, 2.24) is 5.32 Å². The Morgan fingerprint density at radius 1 is 1.50 bits per heavy atom. The fourth-order valence-corrected chi connectivity index (χ4v) is 1.21. The highest BCUT2D eigenvalue weighted by Crippen LogP contribution is 2.11. The van der Waals surface area contributed by atoms with Gasteiger partial charge in [-0.3, -0.25) is 4.79 Å². The van der Waals surface area contributed by atoms with Crippen LogP contribution in [0.15, 0.2) is 18.2 Å². The lowest BCUT2D eigenvalue weighted by Gasteiger charge is -2.11. The SMILES string of the molecule is COC(=O)[C@H](C)NCc1cccc(F)c1F. The van der Waals surface area contributed by atoms with Gasteiger partial charge in [-0.15, -0.1) is 0 Å². The molecule has 1 atom stereocenters. The van der Waals surface area contributed by atoms with Crippen LogP contribution in [-0.2, 0) is 16.1 Å². The maximum atomic E-state index is 13.2. The van der Waals surface area contributed by atoms with Crippen molar-refractivity contribution in [3.05, 3.63) is 35.4 Å². The first kappa shape index (κ1) is 12.6. The maximum absolute atomic E-state index is 13.2. The number of esters is 1. The zero-order valence-electron chi connectivity index (χ0n) is 9.09. The largest absolute Gasteiger partial charge is 0.468 e. The van der Waals surface area contributed by atoms with Gasteiger partial charge < -0.3 is 10.1 Å². The predicted molar refractivity (Wildman–Crippen MR) is 54.7 cm³/mol. The molecule has 5 heteroatoms. The molecule has 0 bridgehead atoms. The van der Waals surface area contributed by atoms with Crippen LogP contribution in [-0.4, -0.2) is 19.1 Å². The molecule has 1 aromatic carbocycles. The summed E-state index contributed by atoms with van der Waals surface area (Å²) in [6.07, 6.45) is 0. The van der Waals surface area contributed by atoms with E-state index in [-0.39, 0.29) is 12.1 Å². The summed E-state index contributed by atoms with van der Waals surface area (Å²) in [6.45, 7) is 1.66. The number of hydrogen-bond donors (Lipinski definition) is 1. The Bertz CT molecular complexity index is 382. The fraction of sp³-hybridized carbons (Fsp3) is 0.364. The van der Waals surface area contributed by atoms with E-state index < -0.39 is 23.6 Å². The number of halogens is 2. The number of nitrogens with one attached hydrogen (secondary N) is 1. The fourth-order valence-electron chi connectivity index (χ4n) is 1.21. The van der Waals surface area contributed by atoms with Crippen LogP contribution < -0.4 is 5.32 Å². The molecule has 0 aromatic heterocycles. The number of ether oxygens (including phenoxy) is 1. The van der Waals surface area contributed by atoms with Crippen LogP contribution in [0.3, 0.4) is 0 Å². The van der Waals surface area contributed by atoms with E-state index >= 15 is 0 Å². The van der Waals surface area contributed by atoms with Gasteiger partial charge in [0.1, 0.15) is 6.04 Å². The van der Waals surface area contributed by atoms with E-state index in [2.05, 4.69) is 10.1 Å². The molecule has 0 aliphatic carbocycles. The number of rotatable bonds is 4. The maximum Gasteiger partial charge on any atom is 0.322 e. The number of benzene rings is 1. The van der Waals surface area contributed by atoms with Gasteiger partial charge in [0.05, 0.1) is 7.11 Å². The summed E-state index contributed by atoms with van der Waals surface area (Å²) < 4.78 is 30.5.